The van der Waals surface area contributed by atoms with E-state index in [0.717, 1.165) is 17.9 Å². The molecular formula is C12H14ClN7. The molecule has 1 unspecified atom stereocenters. The van der Waals surface area contributed by atoms with Gasteiger partial charge in [0.25, 0.3) is 5.78 Å². The van der Waals surface area contributed by atoms with E-state index in [4.69, 9.17) is 11.6 Å². The molecular weight excluding hydrogens is 278 g/mol. The van der Waals surface area contributed by atoms with Gasteiger partial charge in [-0.25, -0.2) is 4.98 Å². The maximum Gasteiger partial charge on any atom is 0.255 e. The Kier molecular flexibility index (Phi) is 3.27. The fourth-order valence-electron chi connectivity index (χ4n) is 2.06. The van der Waals surface area contributed by atoms with Crippen molar-refractivity contribution < 1.29 is 0 Å². The van der Waals surface area contributed by atoms with Gasteiger partial charge in [0.2, 0.25) is 0 Å². The quantitative estimate of drug-likeness (QED) is 0.742. The minimum Gasteiger partial charge on any atom is -0.365 e. The molecule has 0 aromatic carbocycles. The van der Waals surface area contributed by atoms with E-state index in [2.05, 4.69) is 32.3 Å². The zero-order valence-electron chi connectivity index (χ0n) is 11.2. The zero-order chi connectivity index (χ0) is 14.1. The highest BCUT2D eigenvalue weighted by molar-refractivity contribution is 6.30. The molecule has 1 N–H and O–H groups in total. The molecule has 20 heavy (non-hydrogen) atoms. The molecule has 3 aromatic rings. The van der Waals surface area contributed by atoms with Gasteiger partial charge in [-0.05, 0) is 13.8 Å². The summed E-state index contributed by atoms with van der Waals surface area (Å²) in [7, 11) is 0. The van der Waals surface area contributed by atoms with Crippen molar-refractivity contribution >= 4 is 23.2 Å². The van der Waals surface area contributed by atoms with Crippen LogP contribution in [0.2, 0.25) is 5.15 Å². The Morgan fingerprint density at radius 3 is 3.05 bits per heavy atom. The smallest absolute Gasteiger partial charge is 0.255 e. The fourth-order valence-corrected chi connectivity index (χ4v) is 2.22. The number of fused-ring (bicyclic) bond motifs is 1. The minimum absolute atomic E-state index is 0.175. The van der Waals surface area contributed by atoms with Gasteiger partial charge in [-0.2, -0.15) is 19.6 Å². The molecule has 0 saturated heterocycles. The average Bonchev–Trinajstić information content (AvgIpc) is 3.05. The van der Waals surface area contributed by atoms with Crippen LogP contribution in [0.4, 0.5) is 5.82 Å². The molecule has 1 atom stereocenters. The molecule has 8 heteroatoms. The van der Waals surface area contributed by atoms with Gasteiger partial charge in [-0.3, -0.25) is 0 Å². The fraction of sp³-hybridized carbons (Fsp3) is 0.333. The summed E-state index contributed by atoms with van der Waals surface area (Å²) >= 11 is 6.13. The number of imidazole rings is 1. The molecule has 3 rings (SSSR count). The molecule has 0 aliphatic heterocycles. The Hall–Kier alpha value is -2.15. The first-order valence-corrected chi connectivity index (χ1v) is 6.61. The first-order valence-electron chi connectivity index (χ1n) is 6.23. The van der Waals surface area contributed by atoms with E-state index in [-0.39, 0.29) is 6.04 Å². The third-order valence-electron chi connectivity index (χ3n) is 3.03. The maximum absolute atomic E-state index is 6.13. The lowest BCUT2D eigenvalue weighted by Gasteiger charge is -2.18. The predicted octanol–water partition coefficient (Wildman–Crippen LogP) is 1.78. The van der Waals surface area contributed by atoms with Crippen LogP contribution in [0.1, 0.15) is 12.5 Å². The molecule has 0 aliphatic rings. The lowest BCUT2D eigenvalue weighted by molar-refractivity contribution is 0.614. The van der Waals surface area contributed by atoms with E-state index in [1.165, 1.54) is 6.33 Å². The van der Waals surface area contributed by atoms with Crippen molar-refractivity contribution in [2.45, 2.75) is 26.4 Å². The summed E-state index contributed by atoms with van der Waals surface area (Å²) in [5, 5.41) is 8.01. The van der Waals surface area contributed by atoms with Gasteiger partial charge < -0.3 is 9.88 Å². The number of nitrogens with one attached hydrogen (secondary N) is 1. The first-order chi connectivity index (χ1) is 9.65. The molecule has 0 amide bonds. The molecule has 3 heterocycles. The average molecular weight is 292 g/mol. The number of halogens is 1. The number of hydrogen-bond acceptors (Lipinski definition) is 5. The largest absolute Gasteiger partial charge is 0.365 e. The highest BCUT2D eigenvalue weighted by atomic mass is 35.5. The molecule has 0 spiro atoms. The summed E-state index contributed by atoms with van der Waals surface area (Å²) < 4.78 is 3.67. The van der Waals surface area contributed by atoms with E-state index < -0.39 is 0 Å². The number of anilines is 1. The van der Waals surface area contributed by atoms with Crippen molar-refractivity contribution in [3.8, 4) is 0 Å². The van der Waals surface area contributed by atoms with Crippen LogP contribution in [-0.4, -0.2) is 35.2 Å². The summed E-state index contributed by atoms with van der Waals surface area (Å²) in [4.78, 5) is 12.3. The lowest BCUT2D eigenvalue weighted by atomic mass is 10.3. The van der Waals surface area contributed by atoms with Crippen LogP contribution in [0, 0.1) is 6.92 Å². The van der Waals surface area contributed by atoms with Crippen molar-refractivity contribution in [2.75, 3.05) is 5.32 Å². The van der Waals surface area contributed by atoms with Crippen molar-refractivity contribution in [3.63, 3.8) is 0 Å². The summed E-state index contributed by atoms with van der Waals surface area (Å²) in [6.07, 6.45) is 6.94. The van der Waals surface area contributed by atoms with Gasteiger partial charge in [0, 0.05) is 30.5 Å². The highest BCUT2D eigenvalue weighted by Gasteiger charge is 2.14. The van der Waals surface area contributed by atoms with Crippen LogP contribution in [0.5, 0.6) is 0 Å². The molecule has 3 aromatic heterocycles. The first kappa shape index (κ1) is 12.9. The predicted molar refractivity (Wildman–Crippen MR) is 75.8 cm³/mol. The molecule has 0 bridgehead atoms. The van der Waals surface area contributed by atoms with Crippen LogP contribution < -0.4 is 5.32 Å². The molecule has 0 saturated carbocycles. The molecule has 0 aliphatic carbocycles. The molecule has 0 fully saturated rings. The van der Waals surface area contributed by atoms with E-state index in [9.17, 15) is 0 Å². The van der Waals surface area contributed by atoms with E-state index in [0.29, 0.717) is 10.9 Å². The second-order valence-electron chi connectivity index (χ2n) is 4.65. The van der Waals surface area contributed by atoms with Crippen molar-refractivity contribution in [1.82, 2.24) is 29.1 Å². The van der Waals surface area contributed by atoms with Crippen molar-refractivity contribution in [3.05, 3.63) is 35.8 Å². The third kappa shape index (κ3) is 2.32. The van der Waals surface area contributed by atoms with E-state index in [1.54, 1.807) is 17.0 Å². The van der Waals surface area contributed by atoms with Gasteiger partial charge in [-0.15, -0.1) is 0 Å². The summed E-state index contributed by atoms with van der Waals surface area (Å²) in [6, 6.07) is 0.175. The van der Waals surface area contributed by atoms with Crippen LogP contribution in [-0.2, 0) is 6.54 Å². The second-order valence-corrected chi connectivity index (χ2v) is 5.01. The van der Waals surface area contributed by atoms with Crippen molar-refractivity contribution in [1.29, 1.82) is 0 Å². The summed E-state index contributed by atoms with van der Waals surface area (Å²) in [6.45, 7) is 4.77. The van der Waals surface area contributed by atoms with Crippen LogP contribution in [0.15, 0.2) is 25.0 Å². The third-order valence-corrected chi connectivity index (χ3v) is 3.40. The number of rotatable bonds is 4. The van der Waals surface area contributed by atoms with Gasteiger partial charge in [0.15, 0.2) is 0 Å². The van der Waals surface area contributed by atoms with Gasteiger partial charge in [0.05, 0.1) is 6.33 Å². The van der Waals surface area contributed by atoms with Crippen LogP contribution in [0.25, 0.3) is 5.78 Å². The Labute approximate surface area is 120 Å². The Bertz CT molecular complexity index is 719. The zero-order valence-corrected chi connectivity index (χ0v) is 11.9. The summed E-state index contributed by atoms with van der Waals surface area (Å²) in [5.74, 6) is 1.29. The van der Waals surface area contributed by atoms with Crippen LogP contribution >= 0.6 is 11.6 Å². The SMILES string of the molecule is Cc1c(Cl)nc2ncnn2c1NC(C)Cn1ccnc1. The normalized spacial score (nSPS) is 12.8. The molecule has 7 nitrogen and oxygen atoms in total. The van der Waals surface area contributed by atoms with Gasteiger partial charge in [-0.1, -0.05) is 11.6 Å². The Morgan fingerprint density at radius 1 is 1.45 bits per heavy atom. The number of nitrogens with zero attached hydrogens (tertiary/aromatic N) is 6. The van der Waals surface area contributed by atoms with Gasteiger partial charge >= 0.3 is 0 Å². The number of aromatic nitrogens is 6. The minimum atomic E-state index is 0.175. The number of hydrogen-bond donors (Lipinski definition) is 1. The van der Waals surface area contributed by atoms with E-state index in [1.807, 2.05) is 17.7 Å². The Balaban J connectivity index is 1.89. The van der Waals surface area contributed by atoms with Crippen molar-refractivity contribution in [2.24, 2.45) is 0 Å². The Morgan fingerprint density at radius 2 is 2.30 bits per heavy atom. The monoisotopic (exact) mass is 291 g/mol. The van der Waals surface area contributed by atoms with Crippen LogP contribution in [0.3, 0.4) is 0 Å². The lowest BCUT2D eigenvalue weighted by Crippen LogP contribution is -2.23. The van der Waals surface area contributed by atoms with Gasteiger partial charge in [0.1, 0.15) is 17.3 Å². The molecule has 104 valence electrons. The maximum atomic E-state index is 6.13. The summed E-state index contributed by atoms with van der Waals surface area (Å²) in [5.41, 5.74) is 0.849. The topological polar surface area (TPSA) is 72.9 Å². The molecule has 0 radical (unpaired) electrons. The second kappa shape index (κ2) is 5.09. The standard InChI is InChI=1S/C12H14ClN7/c1-8(5-19-4-3-14-7-19)17-11-9(2)10(13)18-12-15-6-16-20(11)12/h3-4,6-8,17H,5H2,1-2H3. The highest BCUT2D eigenvalue weighted by Crippen LogP contribution is 2.22. The van der Waals surface area contributed by atoms with E-state index >= 15 is 0 Å².